The van der Waals surface area contributed by atoms with E-state index in [2.05, 4.69) is 10.4 Å². The van der Waals surface area contributed by atoms with Gasteiger partial charge in [-0.25, -0.2) is 4.39 Å². The highest BCUT2D eigenvalue weighted by molar-refractivity contribution is 5.93. The van der Waals surface area contributed by atoms with E-state index in [0.717, 1.165) is 24.1 Å². The van der Waals surface area contributed by atoms with E-state index in [-0.39, 0.29) is 11.7 Å². The van der Waals surface area contributed by atoms with Crippen LogP contribution < -0.4 is 5.32 Å². The first-order chi connectivity index (χ1) is 10.6. The number of nitrogens with one attached hydrogen (secondary N) is 1. The molecule has 0 unspecified atom stereocenters. The zero-order valence-corrected chi connectivity index (χ0v) is 12.8. The van der Waals surface area contributed by atoms with Crippen molar-refractivity contribution in [1.29, 1.82) is 0 Å². The molecule has 1 N–H and O–H groups in total. The Kier molecular flexibility index (Phi) is 5.66. The topological polar surface area (TPSA) is 56.1 Å². The van der Waals surface area contributed by atoms with E-state index in [1.165, 1.54) is 12.1 Å². The molecular formula is C16H20FN3O2. The van der Waals surface area contributed by atoms with Crippen LogP contribution in [0.15, 0.2) is 30.3 Å². The highest BCUT2D eigenvalue weighted by Gasteiger charge is 2.13. The molecule has 1 amide bonds. The molecule has 5 nitrogen and oxygen atoms in total. The molecule has 0 aliphatic carbocycles. The van der Waals surface area contributed by atoms with Crippen molar-refractivity contribution in [3.05, 3.63) is 41.8 Å². The number of hydrogen-bond acceptors (Lipinski definition) is 3. The van der Waals surface area contributed by atoms with Gasteiger partial charge in [0, 0.05) is 27.3 Å². The number of carbonyl (C=O) groups is 1. The lowest BCUT2D eigenvalue weighted by molar-refractivity contribution is 0.0945. The van der Waals surface area contributed by atoms with Gasteiger partial charge in [0.05, 0.1) is 5.69 Å². The first-order valence-corrected chi connectivity index (χ1v) is 7.19. The highest BCUT2D eigenvalue weighted by atomic mass is 19.1. The predicted octanol–water partition coefficient (Wildman–Crippen LogP) is 2.38. The summed E-state index contributed by atoms with van der Waals surface area (Å²) in [4.78, 5) is 12.1. The number of unbranched alkanes of at least 4 members (excludes halogenated alkanes) is 1. The number of hydrogen-bond donors (Lipinski definition) is 1. The maximum atomic E-state index is 13.0. The number of nitrogens with zero attached hydrogens (tertiary/aromatic N) is 2. The third-order valence-electron chi connectivity index (χ3n) is 3.31. The Morgan fingerprint density at radius 3 is 2.73 bits per heavy atom. The summed E-state index contributed by atoms with van der Waals surface area (Å²) in [5, 5.41) is 7.04. The van der Waals surface area contributed by atoms with Crippen molar-refractivity contribution in [2.24, 2.45) is 7.05 Å². The van der Waals surface area contributed by atoms with Crippen LogP contribution in [0.25, 0.3) is 11.3 Å². The van der Waals surface area contributed by atoms with Gasteiger partial charge in [-0.2, -0.15) is 5.10 Å². The second-order valence-corrected chi connectivity index (χ2v) is 5.00. The minimum absolute atomic E-state index is 0.207. The SMILES string of the molecule is COCCCCNC(=O)c1cc(-c2ccc(F)cc2)n(C)n1. The molecule has 0 bridgehead atoms. The van der Waals surface area contributed by atoms with E-state index < -0.39 is 0 Å². The maximum absolute atomic E-state index is 13.0. The summed E-state index contributed by atoms with van der Waals surface area (Å²) < 4.78 is 19.5. The Morgan fingerprint density at radius 2 is 2.05 bits per heavy atom. The minimum Gasteiger partial charge on any atom is -0.385 e. The molecule has 6 heteroatoms. The van der Waals surface area contributed by atoms with Crippen LogP contribution in [0.4, 0.5) is 4.39 Å². The fraction of sp³-hybridized carbons (Fsp3) is 0.375. The maximum Gasteiger partial charge on any atom is 0.271 e. The zero-order valence-electron chi connectivity index (χ0n) is 12.8. The van der Waals surface area contributed by atoms with Crippen molar-refractivity contribution in [2.45, 2.75) is 12.8 Å². The molecule has 0 radical (unpaired) electrons. The molecule has 1 heterocycles. The lowest BCUT2D eigenvalue weighted by Gasteiger charge is -2.02. The molecule has 2 rings (SSSR count). The van der Waals surface area contributed by atoms with E-state index in [1.807, 2.05) is 0 Å². The van der Waals surface area contributed by atoms with Crippen LogP contribution in [-0.2, 0) is 11.8 Å². The molecule has 0 saturated carbocycles. The minimum atomic E-state index is -0.292. The summed E-state index contributed by atoms with van der Waals surface area (Å²) in [6, 6.07) is 7.81. The number of halogens is 1. The third-order valence-corrected chi connectivity index (χ3v) is 3.31. The molecule has 0 saturated heterocycles. The second kappa shape index (κ2) is 7.70. The van der Waals surface area contributed by atoms with Gasteiger partial charge in [-0.3, -0.25) is 9.48 Å². The number of ether oxygens (including phenoxy) is 1. The second-order valence-electron chi connectivity index (χ2n) is 5.00. The van der Waals surface area contributed by atoms with Crippen LogP contribution >= 0.6 is 0 Å². The van der Waals surface area contributed by atoms with E-state index in [1.54, 1.807) is 37.0 Å². The van der Waals surface area contributed by atoms with Crippen LogP contribution in [0, 0.1) is 5.82 Å². The van der Waals surface area contributed by atoms with Crippen molar-refractivity contribution in [3.63, 3.8) is 0 Å². The van der Waals surface area contributed by atoms with Gasteiger partial charge in [-0.1, -0.05) is 0 Å². The van der Waals surface area contributed by atoms with Gasteiger partial charge in [-0.05, 0) is 48.7 Å². The number of aromatic nitrogens is 2. The van der Waals surface area contributed by atoms with Gasteiger partial charge in [0.15, 0.2) is 5.69 Å². The first-order valence-electron chi connectivity index (χ1n) is 7.19. The number of methoxy groups -OCH3 is 1. The van der Waals surface area contributed by atoms with Crippen LogP contribution in [-0.4, -0.2) is 35.9 Å². The van der Waals surface area contributed by atoms with E-state index in [4.69, 9.17) is 4.74 Å². The Morgan fingerprint density at radius 1 is 1.32 bits per heavy atom. The molecule has 0 fully saturated rings. The Labute approximate surface area is 129 Å². The average molecular weight is 305 g/mol. The van der Waals surface area contributed by atoms with Gasteiger partial charge < -0.3 is 10.1 Å². The summed E-state index contributed by atoms with van der Waals surface area (Å²) in [6.45, 7) is 1.28. The molecule has 1 aromatic carbocycles. The number of carbonyl (C=O) groups excluding carboxylic acids is 1. The van der Waals surface area contributed by atoms with Crippen molar-refractivity contribution in [2.75, 3.05) is 20.3 Å². The smallest absolute Gasteiger partial charge is 0.271 e. The molecule has 2 aromatic rings. The molecule has 0 aliphatic rings. The normalized spacial score (nSPS) is 10.7. The molecule has 0 atom stereocenters. The summed E-state index contributed by atoms with van der Waals surface area (Å²) in [5.74, 6) is -0.499. The average Bonchev–Trinajstić information content (AvgIpc) is 2.90. The fourth-order valence-corrected chi connectivity index (χ4v) is 2.13. The van der Waals surface area contributed by atoms with Crippen LogP contribution in [0.1, 0.15) is 23.3 Å². The van der Waals surface area contributed by atoms with Crippen LogP contribution in [0.2, 0.25) is 0 Å². The van der Waals surface area contributed by atoms with E-state index in [9.17, 15) is 9.18 Å². The first kappa shape index (κ1) is 16.2. The lowest BCUT2D eigenvalue weighted by atomic mass is 10.1. The number of amides is 1. The number of benzene rings is 1. The molecular weight excluding hydrogens is 285 g/mol. The molecule has 1 aromatic heterocycles. The van der Waals surface area contributed by atoms with Crippen LogP contribution in [0.3, 0.4) is 0 Å². The van der Waals surface area contributed by atoms with Gasteiger partial charge in [-0.15, -0.1) is 0 Å². The van der Waals surface area contributed by atoms with E-state index in [0.29, 0.717) is 18.8 Å². The fourth-order valence-electron chi connectivity index (χ4n) is 2.13. The predicted molar refractivity (Wildman–Crippen MR) is 82.0 cm³/mol. The Bertz CT molecular complexity index is 623. The van der Waals surface area contributed by atoms with Crippen molar-refractivity contribution in [1.82, 2.24) is 15.1 Å². The summed E-state index contributed by atoms with van der Waals surface area (Å²) in [5.41, 5.74) is 1.94. The Hall–Kier alpha value is -2.21. The highest BCUT2D eigenvalue weighted by Crippen LogP contribution is 2.20. The van der Waals surface area contributed by atoms with Crippen molar-refractivity contribution in [3.8, 4) is 11.3 Å². The van der Waals surface area contributed by atoms with Crippen molar-refractivity contribution < 1.29 is 13.9 Å². The third kappa shape index (κ3) is 4.14. The van der Waals surface area contributed by atoms with Gasteiger partial charge >= 0.3 is 0 Å². The molecule has 22 heavy (non-hydrogen) atoms. The summed E-state index contributed by atoms with van der Waals surface area (Å²) in [6.07, 6.45) is 1.76. The van der Waals surface area contributed by atoms with E-state index >= 15 is 0 Å². The van der Waals surface area contributed by atoms with Gasteiger partial charge in [0.1, 0.15) is 5.82 Å². The lowest BCUT2D eigenvalue weighted by Crippen LogP contribution is -2.25. The molecule has 118 valence electrons. The van der Waals surface area contributed by atoms with Gasteiger partial charge in [0.25, 0.3) is 5.91 Å². The standard InChI is InChI=1S/C16H20FN3O2/c1-20-15(12-5-7-13(17)8-6-12)11-14(19-20)16(21)18-9-3-4-10-22-2/h5-8,11H,3-4,9-10H2,1-2H3,(H,18,21). The monoisotopic (exact) mass is 305 g/mol. The molecule has 0 aliphatic heterocycles. The Balaban J connectivity index is 1.99. The van der Waals surface area contributed by atoms with Gasteiger partial charge in [0.2, 0.25) is 0 Å². The molecule has 0 spiro atoms. The summed E-state index contributed by atoms with van der Waals surface area (Å²) >= 11 is 0. The van der Waals surface area contributed by atoms with Crippen molar-refractivity contribution >= 4 is 5.91 Å². The quantitative estimate of drug-likeness (QED) is 0.799. The number of rotatable bonds is 7. The zero-order chi connectivity index (χ0) is 15.9. The number of aryl methyl sites for hydroxylation is 1. The van der Waals surface area contributed by atoms with Crippen LogP contribution in [0.5, 0.6) is 0 Å². The largest absolute Gasteiger partial charge is 0.385 e. The summed E-state index contributed by atoms with van der Waals surface area (Å²) in [7, 11) is 3.41.